The van der Waals surface area contributed by atoms with Crippen molar-refractivity contribution in [3.63, 3.8) is 0 Å². The number of carbonyl (C=O) groups is 4. The van der Waals surface area contributed by atoms with Gasteiger partial charge in [-0.2, -0.15) is 39.5 Å². The van der Waals surface area contributed by atoms with Gasteiger partial charge in [0, 0.05) is 22.6 Å². The van der Waals surface area contributed by atoms with Crippen molar-refractivity contribution in [1.29, 1.82) is 0 Å². The molecule has 358 valence electrons. The number of phenolic OH excluding ortho intramolecular Hbond substituents is 1. The van der Waals surface area contributed by atoms with Gasteiger partial charge in [-0.15, -0.1) is 23.2 Å². The fourth-order valence-electron chi connectivity index (χ4n) is 4.17. The molecule has 0 bridgehead atoms. The quantitative estimate of drug-likeness (QED) is 0.0374. The lowest BCUT2D eigenvalue weighted by molar-refractivity contribution is -0.138. The summed E-state index contributed by atoms with van der Waals surface area (Å²) in [6.07, 6.45) is -12.9. The number of anilines is 3. The standard InChI is InChI=1S/C16H11ClF3NO3.C9H6Cl2F3NO.C7H5ClF3N.C7H8O2.C2H2Cl2O/c17-14-6-3-11(7-13(14)16(18,19)20)21-15(23)9-24-12-4-1-10(8-22)2-5-12;10-4-8(16)15-5-1-2-7(11)6(3-5)9(12,13)14;8-6-2-1-4(12)3-5(6)7(9,10)11;1-9-7-4-2-6(8)3-5-7;3-1-2(4)5/h1-8H,9H2,(H,21,23);1-3H,4H2,(H,15,16);1-3H,12H2;2-5,8H,1H3;1H2. The predicted octanol–water partition coefficient (Wildman–Crippen LogP) is 13.1. The Kier molecular flexibility index (Phi) is 24.9. The highest BCUT2D eigenvalue weighted by Gasteiger charge is 2.35. The molecular weight excluding hydrogens is 1030 g/mol. The van der Waals surface area contributed by atoms with Crippen molar-refractivity contribution < 1.29 is 73.3 Å². The Morgan fingerprint density at radius 3 is 1.38 bits per heavy atom. The highest BCUT2D eigenvalue weighted by Crippen LogP contribution is 2.38. The van der Waals surface area contributed by atoms with Crippen molar-refractivity contribution in [3.05, 3.63) is 140 Å². The molecule has 25 heteroatoms. The Morgan fingerprint density at radius 1 is 0.621 bits per heavy atom. The molecule has 0 atom stereocenters. The van der Waals surface area contributed by atoms with E-state index in [9.17, 15) is 58.7 Å². The zero-order chi connectivity index (χ0) is 50.4. The van der Waals surface area contributed by atoms with Gasteiger partial charge in [-0.05, 0) is 115 Å². The molecule has 5 aromatic carbocycles. The van der Waals surface area contributed by atoms with Gasteiger partial charge in [-0.3, -0.25) is 19.2 Å². The molecule has 10 nitrogen and oxygen atoms in total. The Hall–Kier alpha value is -5.31. The van der Waals surface area contributed by atoms with Gasteiger partial charge in [0.05, 0.1) is 44.7 Å². The van der Waals surface area contributed by atoms with Crippen LogP contribution in [0.15, 0.2) is 103 Å². The molecule has 0 spiro atoms. The van der Waals surface area contributed by atoms with E-state index in [0.717, 1.165) is 42.1 Å². The molecule has 0 heterocycles. The normalized spacial score (nSPS) is 10.7. The maximum Gasteiger partial charge on any atom is 0.417 e. The number of alkyl halides is 11. The summed E-state index contributed by atoms with van der Waals surface area (Å²) in [5, 5.41) is 11.6. The van der Waals surface area contributed by atoms with Gasteiger partial charge in [0.25, 0.3) is 5.91 Å². The summed E-state index contributed by atoms with van der Waals surface area (Å²) in [7, 11) is 1.59. The number of benzene rings is 5. The van der Waals surface area contributed by atoms with E-state index < -0.39 is 68.9 Å². The molecule has 0 aliphatic rings. The van der Waals surface area contributed by atoms with Gasteiger partial charge in [0.1, 0.15) is 29.4 Å². The second-order valence-corrected chi connectivity index (χ2v) is 14.2. The molecular formula is C41H32Cl6F9N3O7. The first-order chi connectivity index (χ1) is 30.6. The number of phenols is 1. The van der Waals surface area contributed by atoms with Gasteiger partial charge >= 0.3 is 18.5 Å². The van der Waals surface area contributed by atoms with Crippen LogP contribution in [0.2, 0.25) is 15.1 Å². The van der Waals surface area contributed by atoms with Crippen LogP contribution < -0.4 is 25.8 Å². The average Bonchev–Trinajstić information content (AvgIpc) is 3.25. The molecule has 0 unspecified atom stereocenters. The van der Waals surface area contributed by atoms with Crippen molar-refractivity contribution >= 4 is 110 Å². The van der Waals surface area contributed by atoms with Crippen LogP contribution in [0.25, 0.3) is 0 Å². The van der Waals surface area contributed by atoms with Crippen LogP contribution >= 0.6 is 69.6 Å². The summed E-state index contributed by atoms with van der Waals surface area (Å²) >= 11 is 30.9. The molecule has 0 aliphatic carbocycles. The van der Waals surface area contributed by atoms with Crippen molar-refractivity contribution in [2.24, 2.45) is 0 Å². The topological polar surface area (TPSA) is 157 Å². The third kappa shape index (κ3) is 22.7. The lowest BCUT2D eigenvalue weighted by atomic mass is 10.2. The molecule has 2 amide bonds. The van der Waals surface area contributed by atoms with Gasteiger partial charge < -0.3 is 30.9 Å². The third-order valence-electron chi connectivity index (χ3n) is 7.09. The summed E-state index contributed by atoms with van der Waals surface area (Å²) < 4.78 is 122. The lowest BCUT2D eigenvalue weighted by Crippen LogP contribution is -2.20. The second-order valence-electron chi connectivity index (χ2n) is 12.0. The van der Waals surface area contributed by atoms with Gasteiger partial charge in [-0.25, -0.2) is 0 Å². The first kappa shape index (κ1) is 58.7. The third-order valence-corrected chi connectivity index (χ3v) is 8.84. The first-order valence-electron chi connectivity index (χ1n) is 17.4. The summed E-state index contributed by atoms with van der Waals surface area (Å²) in [6.45, 7) is -0.398. The number of amides is 2. The van der Waals surface area contributed by atoms with Crippen LogP contribution in [0.3, 0.4) is 0 Å². The number of aromatic hydroxyl groups is 1. The van der Waals surface area contributed by atoms with E-state index >= 15 is 0 Å². The number of hydrogen-bond acceptors (Lipinski definition) is 8. The number of carbonyl (C=O) groups excluding carboxylic acids is 4. The zero-order valence-electron chi connectivity index (χ0n) is 33.2. The molecule has 5 N–H and O–H groups in total. The van der Waals surface area contributed by atoms with Gasteiger partial charge in [0.2, 0.25) is 11.1 Å². The molecule has 0 saturated heterocycles. The van der Waals surface area contributed by atoms with Crippen LogP contribution in [0, 0.1) is 0 Å². The summed E-state index contributed by atoms with van der Waals surface area (Å²) in [5.74, 6) is -0.278. The van der Waals surface area contributed by atoms with E-state index in [2.05, 4.69) is 10.6 Å². The SMILES string of the molecule is COc1ccc(O)cc1.Nc1ccc(Cl)c(C(F)(F)F)c1.O=C(CCl)Nc1ccc(Cl)c(C(F)(F)F)c1.O=C(Cl)CCl.O=Cc1ccc(OCC(=O)Nc2ccc(Cl)c(C(F)(F)F)c2)cc1. The number of halogens is 15. The van der Waals surface area contributed by atoms with E-state index in [1.165, 1.54) is 42.5 Å². The van der Waals surface area contributed by atoms with E-state index in [0.29, 0.717) is 17.6 Å². The van der Waals surface area contributed by atoms with Crippen molar-refractivity contribution in [3.8, 4) is 17.2 Å². The summed E-state index contributed by atoms with van der Waals surface area (Å²) in [5.41, 5.74) is 2.69. The number of nitrogens with two attached hydrogens (primary N) is 1. The number of aldehydes is 1. The van der Waals surface area contributed by atoms with Crippen LogP contribution in [-0.4, -0.2) is 53.9 Å². The first-order valence-corrected chi connectivity index (χ1v) is 20.0. The number of methoxy groups -OCH3 is 1. The number of hydrogen-bond donors (Lipinski definition) is 4. The van der Waals surface area contributed by atoms with Crippen molar-refractivity contribution in [1.82, 2.24) is 0 Å². The summed E-state index contributed by atoms with van der Waals surface area (Å²) in [6, 6.07) is 22.0. The van der Waals surface area contributed by atoms with Crippen LogP contribution in [-0.2, 0) is 32.9 Å². The minimum absolute atomic E-state index is 0.00220. The molecule has 0 aromatic heterocycles. The molecule has 0 fully saturated rings. The van der Waals surface area contributed by atoms with E-state index in [-0.39, 0.29) is 39.6 Å². The summed E-state index contributed by atoms with van der Waals surface area (Å²) in [4.78, 5) is 42.6. The molecule has 66 heavy (non-hydrogen) atoms. The van der Waals surface area contributed by atoms with Crippen molar-refractivity contribution in [2.75, 3.05) is 41.8 Å². The molecule has 0 saturated carbocycles. The second kappa shape index (κ2) is 28.0. The van der Waals surface area contributed by atoms with Gasteiger partial charge in [-0.1, -0.05) is 34.8 Å². The molecule has 0 aliphatic heterocycles. The smallest absolute Gasteiger partial charge is 0.417 e. The largest absolute Gasteiger partial charge is 0.508 e. The number of nitrogen functional groups attached to an aromatic ring is 1. The minimum Gasteiger partial charge on any atom is -0.508 e. The van der Waals surface area contributed by atoms with Crippen LogP contribution in [0.5, 0.6) is 17.2 Å². The Labute approximate surface area is 399 Å². The molecule has 0 radical (unpaired) electrons. The predicted molar refractivity (Wildman–Crippen MR) is 235 cm³/mol. The minimum atomic E-state index is -4.62. The number of nitrogens with one attached hydrogen (secondary N) is 2. The number of rotatable bonds is 9. The fraction of sp³-hybridized carbons (Fsp3) is 0.171. The highest BCUT2D eigenvalue weighted by atomic mass is 35.5. The van der Waals surface area contributed by atoms with Crippen LogP contribution in [0.4, 0.5) is 56.6 Å². The van der Waals surface area contributed by atoms with E-state index in [1.54, 1.807) is 31.4 Å². The van der Waals surface area contributed by atoms with E-state index in [4.69, 9.17) is 89.9 Å². The Balaban J connectivity index is 0.000000449. The highest BCUT2D eigenvalue weighted by molar-refractivity contribution is 6.67. The van der Waals surface area contributed by atoms with Crippen LogP contribution in [0.1, 0.15) is 27.0 Å². The lowest BCUT2D eigenvalue weighted by Gasteiger charge is -2.12. The zero-order valence-corrected chi connectivity index (χ0v) is 37.7. The maximum absolute atomic E-state index is 12.8. The Morgan fingerprint density at radius 2 is 1.02 bits per heavy atom. The van der Waals surface area contributed by atoms with E-state index in [1.807, 2.05) is 0 Å². The monoisotopic (exact) mass is 1060 g/mol. The Bertz CT molecular complexity index is 2360. The van der Waals surface area contributed by atoms with Crippen molar-refractivity contribution in [2.45, 2.75) is 18.5 Å². The molecule has 5 rings (SSSR count). The number of ether oxygens (including phenoxy) is 2. The maximum atomic E-state index is 12.8. The van der Waals surface area contributed by atoms with Gasteiger partial charge in [0.15, 0.2) is 6.61 Å². The average molecular weight is 1060 g/mol. The molecule has 5 aromatic rings. The fourth-order valence-corrected chi connectivity index (χ4v) is 4.91.